The molecule has 0 amide bonds. The van der Waals surface area contributed by atoms with Gasteiger partial charge in [-0.2, -0.15) is 0 Å². The number of nitrogens with zero attached hydrogens (tertiary/aromatic N) is 3. The fourth-order valence-corrected chi connectivity index (χ4v) is 4.24. The summed E-state index contributed by atoms with van der Waals surface area (Å²) in [7, 11) is 0. The van der Waals surface area contributed by atoms with Crippen molar-refractivity contribution in [2.24, 2.45) is 5.92 Å². The van der Waals surface area contributed by atoms with Crippen LogP contribution in [0.4, 0.5) is 0 Å². The molecular weight excluding hydrogens is 280 g/mol. The van der Waals surface area contributed by atoms with E-state index in [1.807, 2.05) is 36.2 Å². The van der Waals surface area contributed by atoms with Crippen molar-refractivity contribution in [1.29, 1.82) is 0 Å². The van der Waals surface area contributed by atoms with Gasteiger partial charge in [0.2, 0.25) is 0 Å². The van der Waals surface area contributed by atoms with Crippen molar-refractivity contribution in [2.75, 3.05) is 12.3 Å². The first-order valence-corrected chi connectivity index (χ1v) is 9.03. The molecule has 2 heterocycles. The quantitative estimate of drug-likeness (QED) is 0.796. The number of thioether (sulfide) groups is 1. The monoisotopic (exact) mass is 304 g/mol. The lowest BCUT2D eigenvalue weighted by Crippen LogP contribution is -2.37. The van der Waals surface area contributed by atoms with E-state index in [0.717, 1.165) is 29.0 Å². The summed E-state index contributed by atoms with van der Waals surface area (Å²) in [6.07, 6.45) is 8.79. The summed E-state index contributed by atoms with van der Waals surface area (Å²) < 4.78 is 2.08. The molecule has 4 nitrogen and oxygen atoms in total. The maximum atomic E-state index is 4.32. The zero-order chi connectivity index (χ0) is 14.5. The standard InChI is InChI=1S/C16H24N4S/c1-2-10-17-14(13-7-3-4-8-13)12-21-16-19-18-15-9-5-6-11-20(15)16/h5-6,9,11,13-14,17H,2-4,7-8,10,12H2,1H3. The number of pyridine rings is 1. The Morgan fingerprint density at radius 2 is 2.19 bits per heavy atom. The second-order valence-electron chi connectivity index (χ2n) is 5.83. The largest absolute Gasteiger partial charge is 0.313 e. The molecule has 1 saturated carbocycles. The molecule has 0 spiro atoms. The zero-order valence-electron chi connectivity index (χ0n) is 12.7. The summed E-state index contributed by atoms with van der Waals surface area (Å²) in [4.78, 5) is 0. The fraction of sp³-hybridized carbons (Fsp3) is 0.625. The molecule has 1 atom stereocenters. The molecule has 0 bridgehead atoms. The molecule has 5 heteroatoms. The summed E-state index contributed by atoms with van der Waals surface area (Å²) >= 11 is 1.83. The highest BCUT2D eigenvalue weighted by Gasteiger charge is 2.25. The number of nitrogens with one attached hydrogen (secondary N) is 1. The number of fused-ring (bicyclic) bond motifs is 1. The minimum Gasteiger partial charge on any atom is -0.313 e. The maximum absolute atomic E-state index is 4.32. The molecule has 1 unspecified atom stereocenters. The summed E-state index contributed by atoms with van der Waals surface area (Å²) in [5, 5.41) is 13.3. The van der Waals surface area contributed by atoms with Crippen LogP contribution in [0.2, 0.25) is 0 Å². The van der Waals surface area contributed by atoms with Crippen LogP contribution in [0.5, 0.6) is 0 Å². The Morgan fingerprint density at radius 1 is 1.33 bits per heavy atom. The van der Waals surface area contributed by atoms with Crippen LogP contribution in [0, 0.1) is 5.92 Å². The summed E-state index contributed by atoms with van der Waals surface area (Å²) in [5.41, 5.74) is 0.930. The van der Waals surface area contributed by atoms with E-state index in [1.54, 1.807) is 0 Å². The third kappa shape index (κ3) is 3.58. The summed E-state index contributed by atoms with van der Waals surface area (Å²) in [6, 6.07) is 6.64. The van der Waals surface area contributed by atoms with Gasteiger partial charge in [-0.05, 0) is 43.9 Å². The predicted octanol–water partition coefficient (Wildman–Crippen LogP) is 3.38. The van der Waals surface area contributed by atoms with E-state index in [4.69, 9.17) is 0 Å². The minimum atomic E-state index is 0.605. The van der Waals surface area contributed by atoms with Gasteiger partial charge < -0.3 is 5.32 Å². The first kappa shape index (κ1) is 14.9. The topological polar surface area (TPSA) is 42.2 Å². The van der Waals surface area contributed by atoms with Crippen LogP contribution in [0.15, 0.2) is 29.6 Å². The Bertz CT molecular complexity index is 562. The summed E-state index contributed by atoms with van der Waals surface area (Å²) in [5.74, 6) is 1.92. The smallest absolute Gasteiger partial charge is 0.195 e. The predicted molar refractivity (Wildman–Crippen MR) is 87.8 cm³/mol. The molecule has 1 N–H and O–H groups in total. The van der Waals surface area contributed by atoms with Gasteiger partial charge in [0.25, 0.3) is 0 Å². The Kier molecular flexibility index (Phi) is 5.14. The van der Waals surface area contributed by atoms with Crippen molar-refractivity contribution in [1.82, 2.24) is 19.9 Å². The Morgan fingerprint density at radius 3 is 3.00 bits per heavy atom. The van der Waals surface area contributed by atoms with Gasteiger partial charge in [-0.1, -0.05) is 37.6 Å². The Hall–Kier alpha value is -1.07. The van der Waals surface area contributed by atoms with Crippen LogP contribution in [-0.4, -0.2) is 32.9 Å². The molecule has 21 heavy (non-hydrogen) atoms. The van der Waals surface area contributed by atoms with Crippen molar-refractivity contribution < 1.29 is 0 Å². The SMILES string of the molecule is CCCNC(CSc1nnc2ccccn12)C1CCCC1. The molecular formula is C16H24N4S. The van der Waals surface area contributed by atoms with Gasteiger partial charge in [-0.15, -0.1) is 10.2 Å². The van der Waals surface area contributed by atoms with Crippen LogP contribution >= 0.6 is 11.8 Å². The van der Waals surface area contributed by atoms with E-state index in [0.29, 0.717) is 6.04 Å². The molecule has 2 aromatic heterocycles. The van der Waals surface area contributed by atoms with Gasteiger partial charge in [0.15, 0.2) is 10.8 Å². The lowest BCUT2D eigenvalue weighted by Gasteiger charge is -2.24. The van der Waals surface area contributed by atoms with Crippen LogP contribution in [0.25, 0.3) is 5.65 Å². The lowest BCUT2D eigenvalue weighted by molar-refractivity contribution is 0.387. The maximum Gasteiger partial charge on any atom is 0.195 e. The molecule has 1 fully saturated rings. The van der Waals surface area contributed by atoms with Gasteiger partial charge in [0.1, 0.15) is 0 Å². The fourth-order valence-electron chi connectivity index (χ4n) is 3.13. The lowest BCUT2D eigenvalue weighted by atomic mass is 10.00. The highest BCUT2D eigenvalue weighted by atomic mass is 32.2. The molecule has 1 aliphatic rings. The molecule has 0 radical (unpaired) electrons. The van der Waals surface area contributed by atoms with Gasteiger partial charge in [-0.25, -0.2) is 0 Å². The highest BCUT2D eigenvalue weighted by Crippen LogP contribution is 2.30. The van der Waals surface area contributed by atoms with E-state index < -0.39 is 0 Å². The van der Waals surface area contributed by atoms with Crippen LogP contribution in [0.1, 0.15) is 39.0 Å². The second-order valence-corrected chi connectivity index (χ2v) is 6.81. The summed E-state index contributed by atoms with van der Waals surface area (Å²) in [6.45, 7) is 3.35. The van der Waals surface area contributed by atoms with E-state index in [2.05, 4.69) is 26.8 Å². The number of hydrogen-bond acceptors (Lipinski definition) is 4. The molecule has 114 valence electrons. The zero-order valence-corrected chi connectivity index (χ0v) is 13.5. The van der Waals surface area contributed by atoms with Crippen LogP contribution in [0.3, 0.4) is 0 Å². The minimum absolute atomic E-state index is 0.605. The van der Waals surface area contributed by atoms with E-state index in [9.17, 15) is 0 Å². The van der Waals surface area contributed by atoms with Gasteiger partial charge in [0.05, 0.1) is 0 Å². The van der Waals surface area contributed by atoms with Crippen LogP contribution in [-0.2, 0) is 0 Å². The normalized spacial score (nSPS) is 17.6. The van der Waals surface area contributed by atoms with E-state index in [1.165, 1.54) is 32.1 Å². The first-order chi connectivity index (χ1) is 10.4. The van der Waals surface area contributed by atoms with Crippen molar-refractivity contribution in [3.8, 4) is 0 Å². The molecule has 3 rings (SSSR count). The third-order valence-corrected chi connectivity index (χ3v) is 5.36. The average molecular weight is 304 g/mol. The van der Waals surface area contributed by atoms with Crippen molar-refractivity contribution in [2.45, 2.75) is 50.2 Å². The Labute approximate surface area is 130 Å². The average Bonchev–Trinajstić information content (AvgIpc) is 3.17. The molecule has 0 aliphatic heterocycles. The van der Waals surface area contributed by atoms with Gasteiger partial charge in [-0.3, -0.25) is 4.40 Å². The Balaban J connectivity index is 1.65. The van der Waals surface area contributed by atoms with E-state index >= 15 is 0 Å². The van der Waals surface area contributed by atoms with Crippen molar-refractivity contribution in [3.05, 3.63) is 24.4 Å². The third-order valence-electron chi connectivity index (χ3n) is 4.30. The molecule has 0 aromatic carbocycles. The first-order valence-electron chi connectivity index (χ1n) is 8.04. The highest BCUT2D eigenvalue weighted by molar-refractivity contribution is 7.99. The van der Waals surface area contributed by atoms with Crippen molar-refractivity contribution >= 4 is 17.4 Å². The number of hydrogen-bond donors (Lipinski definition) is 1. The van der Waals surface area contributed by atoms with E-state index in [-0.39, 0.29) is 0 Å². The number of aromatic nitrogens is 3. The molecule has 0 saturated heterocycles. The van der Waals surface area contributed by atoms with Gasteiger partial charge in [0, 0.05) is 18.0 Å². The molecule has 1 aliphatic carbocycles. The molecule has 2 aromatic rings. The van der Waals surface area contributed by atoms with Crippen LogP contribution < -0.4 is 5.32 Å². The second kappa shape index (κ2) is 7.27. The number of rotatable bonds is 7. The van der Waals surface area contributed by atoms with Gasteiger partial charge >= 0.3 is 0 Å². The van der Waals surface area contributed by atoms with Crippen molar-refractivity contribution in [3.63, 3.8) is 0 Å².